The van der Waals surface area contributed by atoms with Gasteiger partial charge in [-0.2, -0.15) is 0 Å². The van der Waals surface area contributed by atoms with Gasteiger partial charge in [0.25, 0.3) is 0 Å². The molecule has 2 aromatic rings. The third kappa shape index (κ3) is 2.52. The average molecular weight is 254 g/mol. The summed E-state index contributed by atoms with van der Waals surface area (Å²) in [5.74, 6) is 0.824. The molecule has 0 amide bonds. The lowest BCUT2D eigenvalue weighted by molar-refractivity contribution is 0.268. The van der Waals surface area contributed by atoms with Gasteiger partial charge in [0.05, 0.1) is 19.8 Å². The molecule has 0 bridgehead atoms. The molecule has 0 saturated heterocycles. The van der Waals surface area contributed by atoms with Crippen LogP contribution in [0.25, 0.3) is 10.8 Å². The molecular formula is C13H16ClNO2. The van der Waals surface area contributed by atoms with Gasteiger partial charge in [0, 0.05) is 5.39 Å². The Morgan fingerprint density at radius 3 is 2.41 bits per heavy atom. The first-order valence-corrected chi connectivity index (χ1v) is 5.20. The summed E-state index contributed by atoms with van der Waals surface area (Å²) in [5, 5.41) is 11.2. The number of methoxy groups -OCH3 is 1. The fraction of sp³-hybridized carbons (Fsp3) is 0.231. The largest absolute Gasteiger partial charge is 0.496 e. The van der Waals surface area contributed by atoms with Gasteiger partial charge in [0.1, 0.15) is 5.75 Å². The number of rotatable bonds is 3. The summed E-state index contributed by atoms with van der Waals surface area (Å²) >= 11 is 0. The second-order valence-corrected chi connectivity index (χ2v) is 3.69. The van der Waals surface area contributed by atoms with Crippen LogP contribution in [0.15, 0.2) is 36.4 Å². The summed E-state index contributed by atoms with van der Waals surface area (Å²) in [4.78, 5) is 0. The number of halogens is 1. The van der Waals surface area contributed by atoms with Crippen LogP contribution >= 0.6 is 12.4 Å². The van der Waals surface area contributed by atoms with Crippen LogP contribution in [0.1, 0.15) is 11.6 Å². The van der Waals surface area contributed by atoms with Crippen molar-refractivity contribution in [3.63, 3.8) is 0 Å². The molecule has 0 spiro atoms. The summed E-state index contributed by atoms with van der Waals surface area (Å²) in [6.45, 7) is -0.0592. The molecule has 0 heterocycles. The highest BCUT2D eigenvalue weighted by atomic mass is 35.5. The predicted molar refractivity (Wildman–Crippen MR) is 71.8 cm³/mol. The topological polar surface area (TPSA) is 55.5 Å². The molecule has 0 aliphatic rings. The lowest BCUT2D eigenvalue weighted by atomic mass is 9.99. The standard InChI is InChI=1S/C13H15NO2.ClH/c1-16-13-7-6-10(12(14)8-15)9-4-2-3-5-11(9)13;/h2-7,12,15H,8,14H2,1H3;1H/t12-;/m1./s1. The molecule has 0 unspecified atom stereocenters. The Bertz CT molecular complexity index is 502. The first-order chi connectivity index (χ1) is 7.77. The summed E-state index contributed by atoms with van der Waals surface area (Å²) in [7, 11) is 1.65. The Morgan fingerprint density at radius 2 is 1.82 bits per heavy atom. The van der Waals surface area contributed by atoms with Gasteiger partial charge in [-0.3, -0.25) is 0 Å². The minimum absolute atomic E-state index is 0. The highest BCUT2D eigenvalue weighted by Gasteiger charge is 2.10. The van der Waals surface area contributed by atoms with Crippen molar-refractivity contribution < 1.29 is 9.84 Å². The zero-order chi connectivity index (χ0) is 11.5. The molecule has 3 N–H and O–H groups in total. The van der Waals surface area contributed by atoms with Crippen LogP contribution in [0.2, 0.25) is 0 Å². The van der Waals surface area contributed by atoms with Crippen molar-refractivity contribution in [1.82, 2.24) is 0 Å². The number of benzene rings is 2. The number of nitrogens with two attached hydrogens (primary N) is 1. The smallest absolute Gasteiger partial charge is 0.126 e. The molecule has 0 aliphatic heterocycles. The maximum Gasteiger partial charge on any atom is 0.126 e. The van der Waals surface area contributed by atoms with Crippen molar-refractivity contribution in [2.24, 2.45) is 5.73 Å². The molecular weight excluding hydrogens is 238 g/mol. The molecule has 17 heavy (non-hydrogen) atoms. The zero-order valence-corrected chi connectivity index (χ0v) is 10.4. The van der Waals surface area contributed by atoms with Crippen molar-refractivity contribution >= 4 is 23.2 Å². The van der Waals surface area contributed by atoms with Gasteiger partial charge in [0.15, 0.2) is 0 Å². The van der Waals surface area contributed by atoms with Crippen LogP contribution < -0.4 is 10.5 Å². The summed E-state index contributed by atoms with van der Waals surface area (Å²) in [6.07, 6.45) is 0. The first-order valence-electron chi connectivity index (χ1n) is 5.20. The third-order valence-electron chi connectivity index (χ3n) is 2.73. The summed E-state index contributed by atoms with van der Waals surface area (Å²) in [6, 6.07) is 11.3. The van der Waals surface area contributed by atoms with E-state index in [4.69, 9.17) is 15.6 Å². The van der Waals surface area contributed by atoms with E-state index in [9.17, 15) is 0 Å². The third-order valence-corrected chi connectivity index (χ3v) is 2.73. The highest BCUT2D eigenvalue weighted by molar-refractivity contribution is 5.91. The van der Waals surface area contributed by atoms with Crippen LogP contribution in [-0.4, -0.2) is 18.8 Å². The van der Waals surface area contributed by atoms with E-state index in [1.165, 1.54) is 0 Å². The molecule has 92 valence electrons. The quantitative estimate of drug-likeness (QED) is 0.882. The van der Waals surface area contributed by atoms with Crippen LogP contribution in [0, 0.1) is 0 Å². The number of hydrogen-bond donors (Lipinski definition) is 2. The molecule has 0 aliphatic carbocycles. The van der Waals surface area contributed by atoms with Crippen molar-refractivity contribution in [1.29, 1.82) is 0 Å². The Kier molecular flexibility index (Phi) is 4.75. The number of aliphatic hydroxyl groups is 1. The molecule has 3 nitrogen and oxygen atoms in total. The predicted octanol–water partition coefficient (Wildman–Crippen LogP) is 2.26. The minimum Gasteiger partial charge on any atom is -0.496 e. The summed E-state index contributed by atoms with van der Waals surface area (Å²) in [5.41, 5.74) is 6.80. The molecule has 2 rings (SSSR count). The number of aliphatic hydroxyl groups excluding tert-OH is 1. The molecule has 0 saturated carbocycles. The molecule has 1 atom stereocenters. The SMILES string of the molecule is COc1ccc([C@H](N)CO)c2ccccc12.Cl. The van der Waals surface area contributed by atoms with Crippen LogP contribution in [0.5, 0.6) is 5.75 Å². The van der Waals surface area contributed by atoms with E-state index in [0.29, 0.717) is 0 Å². The normalized spacial score (nSPS) is 11.9. The van der Waals surface area contributed by atoms with Crippen molar-refractivity contribution in [2.75, 3.05) is 13.7 Å². The van der Waals surface area contributed by atoms with E-state index in [0.717, 1.165) is 22.1 Å². The van der Waals surface area contributed by atoms with Gasteiger partial charge in [-0.15, -0.1) is 12.4 Å². The maximum atomic E-state index is 9.12. The molecule has 0 aromatic heterocycles. The second kappa shape index (κ2) is 5.87. The minimum atomic E-state index is -0.351. The van der Waals surface area contributed by atoms with Crippen LogP contribution in [0.4, 0.5) is 0 Å². The van der Waals surface area contributed by atoms with Gasteiger partial charge >= 0.3 is 0 Å². The van der Waals surface area contributed by atoms with E-state index in [2.05, 4.69) is 0 Å². The van der Waals surface area contributed by atoms with Crippen LogP contribution in [-0.2, 0) is 0 Å². The van der Waals surface area contributed by atoms with E-state index in [1.807, 2.05) is 36.4 Å². The maximum absolute atomic E-state index is 9.12. The Balaban J connectivity index is 0.00000144. The van der Waals surface area contributed by atoms with E-state index in [1.54, 1.807) is 7.11 Å². The zero-order valence-electron chi connectivity index (χ0n) is 9.59. The van der Waals surface area contributed by atoms with Crippen molar-refractivity contribution in [3.8, 4) is 5.75 Å². The van der Waals surface area contributed by atoms with Gasteiger partial charge in [-0.25, -0.2) is 0 Å². The Hall–Kier alpha value is -1.29. The number of ether oxygens (including phenoxy) is 1. The van der Waals surface area contributed by atoms with Crippen molar-refractivity contribution in [2.45, 2.75) is 6.04 Å². The lowest BCUT2D eigenvalue weighted by Crippen LogP contribution is -2.14. The van der Waals surface area contributed by atoms with E-state index in [-0.39, 0.29) is 25.1 Å². The Labute approximate surface area is 107 Å². The van der Waals surface area contributed by atoms with Gasteiger partial charge in [-0.05, 0) is 17.0 Å². The molecule has 0 radical (unpaired) electrons. The first kappa shape index (κ1) is 13.8. The molecule has 2 aromatic carbocycles. The second-order valence-electron chi connectivity index (χ2n) is 3.69. The fourth-order valence-electron chi connectivity index (χ4n) is 1.89. The lowest BCUT2D eigenvalue weighted by Gasteiger charge is -2.14. The van der Waals surface area contributed by atoms with Gasteiger partial charge < -0.3 is 15.6 Å². The van der Waals surface area contributed by atoms with E-state index >= 15 is 0 Å². The van der Waals surface area contributed by atoms with E-state index < -0.39 is 0 Å². The fourth-order valence-corrected chi connectivity index (χ4v) is 1.89. The van der Waals surface area contributed by atoms with Gasteiger partial charge in [-0.1, -0.05) is 30.3 Å². The average Bonchev–Trinajstić information content (AvgIpc) is 2.36. The summed E-state index contributed by atoms with van der Waals surface area (Å²) < 4.78 is 5.29. The van der Waals surface area contributed by atoms with Crippen LogP contribution in [0.3, 0.4) is 0 Å². The monoisotopic (exact) mass is 253 g/mol. The van der Waals surface area contributed by atoms with Crippen molar-refractivity contribution in [3.05, 3.63) is 42.0 Å². The number of hydrogen-bond acceptors (Lipinski definition) is 3. The van der Waals surface area contributed by atoms with Gasteiger partial charge in [0.2, 0.25) is 0 Å². The molecule has 0 fully saturated rings. The number of fused-ring (bicyclic) bond motifs is 1. The Morgan fingerprint density at radius 1 is 1.18 bits per heavy atom. The molecule has 4 heteroatoms. The highest BCUT2D eigenvalue weighted by Crippen LogP contribution is 2.30.